The van der Waals surface area contributed by atoms with Crippen LogP contribution in [0.1, 0.15) is 18.9 Å². The lowest BCUT2D eigenvalue weighted by Gasteiger charge is -2.18. The van der Waals surface area contributed by atoms with Gasteiger partial charge < -0.3 is 4.90 Å². The van der Waals surface area contributed by atoms with Crippen molar-refractivity contribution in [3.63, 3.8) is 0 Å². The van der Waals surface area contributed by atoms with Crippen molar-refractivity contribution in [1.29, 1.82) is 0 Å². The summed E-state index contributed by atoms with van der Waals surface area (Å²) in [6, 6.07) is 6.29. The normalized spacial score (nSPS) is 18.1. The topological polar surface area (TPSA) is 15.6 Å². The van der Waals surface area contributed by atoms with Crippen molar-refractivity contribution in [1.82, 2.24) is 4.90 Å². The van der Waals surface area contributed by atoms with Crippen LogP contribution in [0.2, 0.25) is 5.02 Å². The highest BCUT2D eigenvalue weighted by molar-refractivity contribution is 8.17. The minimum Gasteiger partial charge on any atom is -0.318 e. The standard InChI is InChI=1S/C15H13ClN2S2/c1-2-12-13(18-5-4-17-15(18)20-12)11-8-10(16)7-9-3-6-19-14(9)11/h3,6-8H,2,4-5H2,1H3. The number of benzene rings is 1. The second kappa shape index (κ2) is 4.79. The van der Waals surface area contributed by atoms with Gasteiger partial charge in [0, 0.05) is 26.7 Å². The maximum atomic E-state index is 6.32. The van der Waals surface area contributed by atoms with Gasteiger partial charge in [0.25, 0.3) is 0 Å². The smallest absolute Gasteiger partial charge is 0.168 e. The lowest BCUT2D eigenvalue weighted by Crippen LogP contribution is -2.20. The molecule has 0 saturated heterocycles. The van der Waals surface area contributed by atoms with Crippen molar-refractivity contribution in [3.8, 4) is 0 Å². The van der Waals surface area contributed by atoms with E-state index in [0.29, 0.717) is 0 Å². The fourth-order valence-electron chi connectivity index (χ4n) is 2.79. The molecule has 2 aliphatic heterocycles. The molecule has 2 aliphatic rings. The minimum absolute atomic E-state index is 0.809. The second-order valence-electron chi connectivity index (χ2n) is 4.84. The highest BCUT2D eigenvalue weighted by Gasteiger charge is 2.33. The van der Waals surface area contributed by atoms with Gasteiger partial charge in [0.15, 0.2) is 5.17 Å². The van der Waals surface area contributed by atoms with Gasteiger partial charge in [-0.05, 0) is 35.4 Å². The van der Waals surface area contributed by atoms with Gasteiger partial charge in [0.1, 0.15) is 0 Å². The van der Waals surface area contributed by atoms with E-state index in [4.69, 9.17) is 11.6 Å². The number of thiophene rings is 1. The Bertz CT molecular complexity index is 760. The summed E-state index contributed by atoms with van der Waals surface area (Å²) in [6.45, 7) is 4.10. The van der Waals surface area contributed by atoms with Crippen LogP contribution in [0.25, 0.3) is 15.8 Å². The first-order valence-corrected chi connectivity index (χ1v) is 8.75. The van der Waals surface area contributed by atoms with Crippen molar-refractivity contribution >= 4 is 55.7 Å². The van der Waals surface area contributed by atoms with Crippen LogP contribution in [-0.2, 0) is 0 Å². The molecular formula is C15H13ClN2S2. The number of hydrogen-bond acceptors (Lipinski definition) is 4. The summed E-state index contributed by atoms with van der Waals surface area (Å²) < 4.78 is 1.32. The third-order valence-corrected chi connectivity index (χ3v) is 6.08. The Balaban J connectivity index is 1.97. The molecule has 20 heavy (non-hydrogen) atoms. The molecule has 3 heterocycles. The van der Waals surface area contributed by atoms with Crippen LogP contribution in [0.15, 0.2) is 33.5 Å². The van der Waals surface area contributed by atoms with E-state index in [1.165, 1.54) is 26.3 Å². The molecule has 102 valence electrons. The van der Waals surface area contributed by atoms with Crippen LogP contribution >= 0.6 is 34.7 Å². The van der Waals surface area contributed by atoms with Gasteiger partial charge in [0.2, 0.25) is 0 Å². The molecule has 2 aromatic rings. The third-order valence-electron chi connectivity index (χ3n) is 3.64. The summed E-state index contributed by atoms with van der Waals surface area (Å²) in [4.78, 5) is 8.35. The van der Waals surface area contributed by atoms with Crippen molar-refractivity contribution in [2.75, 3.05) is 13.1 Å². The number of thioether (sulfide) groups is 1. The molecule has 0 fully saturated rings. The highest BCUT2D eigenvalue weighted by atomic mass is 35.5. The number of hydrogen-bond donors (Lipinski definition) is 0. The summed E-state index contributed by atoms with van der Waals surface area (Å²) in [5.41, 5.74) is 2.59. The van der Waals surface area contributed by atoms with E-state index >= 15 is 0 Å². The first-order valence-electron chi connectivity index (χ1n) is 6.68. The first-order chi connectivity index (χ1) is 9.78. The third kappa shape index (κ3) is 1.82. The fourth-order valence-corrected chi connectivity index (χ4v) is 5.04. The van der Waals surface area contributed by atoms with E-state index in [1.54, 1.807) is 11.3 Å². The number of halogens is 1. The Hall–Kier alpha value is -0.970. The molecule has 0 unspecified atom stereocenters. The largest absolute Gasteiger partial charge is 0.318 e. The molecule has 0 bridgehead atoms. The minimum atomic E-state index is 0.809. The Morgan fingerprint density at radius 3 is 3.15 bits per heavy atom. The molecule has 0 aliphatic carbocycles. The van der Waals surface area contributed by atoms with E-state index < -0.39 is 0 Å². The average Bonchev–Trinajstić information content (AvgIpc) is 3.11. The average molecular weight is 321 g/mol. The maximum Gasteiger partial charge on any atom is 0.168 e. The lowest BCUT2D eigenvalue weighted by atomic mass is 10.1. The van der Waals surface area contributed by atoms with Gasteiger partial charge in [-0.25, -0.2) is 0 Å². The van der Waals surface area contributed by atoms with Crippen molar-refractivity contribution in [3.05, 3.63) is 39.1 Å². The quantitative estimate of drug-likeness (QED) is 0.769. The summed E-state index contributed by atoms with van der Waals surface area (Å²) in [5, 5.41) is 5.33. The highest BCUT2D eigenvalue weighted by Crippen LogP contribution is 2.46. The molecule has 4 rings (SSSR count). The van der Waals surface area contributed by atoms with Crippen LogP contribution in [0.4, 0.5) is 0 Å². The monoisotopic (exact) mass is 320 g/mol. The maximum absolute atomic E-state index is 6.32. The van der Waals surface area contributed by atoms with Crippen LogP contribution in [0.3, 0.4) is 0 Å². The zero-order valence-electron chi connectivity index (χ0n) is 11.0. The van der Waals surface area contributed by atoms with E-state index in [0.717, 1.165) is 29.7 Å². The van der Waals surface area contributed by atoms with Crippen molar-refractivity contribution in [2.24, 2.45) is 4.99 Å². The molecule has 1 aromatic carbocycles. The zero-order valence-corrected chi connectivity index (χ0v) is 13.4. The predicted octanol–water partition coefficient (Wildman–Crippen LogP) is 5.05. The van der Waals surface area contributed by atoms with E-state index in [9.17, 15) is 0 Å². The predicted molar refractivity (Wildman–Crippen MR) is 90.6 cm³/mol. The van der Waals surface area contributed by atoms with Gasteiger partial charge in [0.05, 0.1) is 12.2 Å². The van der Waals surface area contributed by atoms with Crippen LogP contribution in [-0.4, -0.2) is 23.2 Å². The Labute approximate surface area is 131 Å². The van der Waals surface area contributed by atoms with E-state index in [1.807, 2.05) is 17.8 Å². The summed E-state index contributed by atoms with van der Waals surface area (Å²) in [7, 11) is 0. The van der Waals surface area contributed by atoms with Gasteiger partial charge in [-0.1, -0.05) is 30.3 Å². The van der Waals surface area contributed by atoms with Gasteiger partial charge in [-0.15, -0.1) is 11.3 Å². The molecule has 5 heteroatoms. The molecular weight excluding hydrogens is 308 g/mol. The first kappa shape index (κ1) is 12.7. The van der Waals surface area contributed by atoms with Crippen LogP contribution in [0, 0.1) is 0 Å². The Morgan fingerprint density at radius 1 is 1.40 bits per heavy atom. The van der Waals surface area contributed by atoms with Gasteiger partial charge >= 0.3 is 0 Å². The van der Waals surface area contributed by atoms with Crippen LogP contribution in [0.5, 0.6) is 0 Å². The van der Waals surface area contributed by atoms with Gasteiger partial charge in [-0.2, -0.15) is 0 Å². The van der Waals surface area contributed by atoms with E-state index in [-0.39, 0.29) is 0 Å². The second-order valence-corrected chi connectivity index (χ2v) is 7.25. The molecule has 0 spiro atoms. The van der Waals surface area contributed by atoms with Crippen molar-refractivity contribution in [2.45, 2.75) is 13.3 Å². The number of nitrogens with zero attached hydrogens (tertiary/aromatic N) is 2. The molecule has 1 aromatic heterocycles. The number of aliphatic imine (C=N–C) groups is 1. The SMILES string of the molecule is CCC1=C(c2cc(Cl)cc3ccsc23)N2CCN=C2S1. The molecule has 0 radical (unpaired) electrons. The molecule has 0 saturated carbocycles. The summed E-state index contributed by atoms with van der Waals surface area (Å²) in [5.74, 6) is 0. The van der Waals surface area contributed by atoms with Crippen LogP contribution < -0.4 is 0 Å². The summed E-state index contributed by atoms with van der Waals surface area (Å²) in [6.07, 6.45) is 1.04. The lowest BCUT2D eigenvalue weighted by molar-refractivity contribution is 0.647. The summed E-state index contributed by atoms with van der Waals surface area (Å²) >= 11 is 9.93. The molecule has 0 atom stereocenters. The number of amidine groups is 1. The fraction of sp³-hybridized carbons (Fsp3) is 0.267. The van der Waals surface area contributed by atoms with Crippen molar-refractivity contribution < 1.29 is 0 Å². The van der Waals surface area contributed by atoms with Gasteiger partial charge in [-0.3, -0.25) is 4.99 Å². The number of fused-ring (bicyclic) bond motifs is 2. The number of allylic oxidation sites excluding steroid dienone is 1. The number of rotatable bonds is 2. The Morgan fingerprint density at radius 2 is 2.30 bits per heavy atom. The molecule has 0 amide bonds. The zero-order chi connectivity index (χ0) is 13.7. The Kier molecular flexibility index (Phi) is 3.05. The molecule has 2 nitrogen and oxygen atoms in total. The van der Waals surface area contributed by atoms with E-state index in [2.05, 4.69) is 34.3 Å². The molecule has 0 N–H and O–H groups in total.